The van der Waals surface area contributed by atoms with E-state index >= 15 is 0 Å². The van der Waals surface area contributed by atoms with Crippen molar-refractivity contribution in [3.8, 4) is 28.4 Å². The van der Waals surface area contributed by atoms with Crippen LogP contribution in [0.5, 0.6) is 17.2 Å². The summed E-state index contributed by atoms with van der Waals surface area (Å²) in [6, 6.07) is 9.01. The Morgan fingerprint density at radius 2 is 1.82 bits per heavy atom. The zero-order valence-electron chi connectivity index (χ0n) is 22.0. The summed E-state index contributed by atoms with van der Waals surface area (Å²) in [6.07, 6.45) is 1.57. The van der Waals surface area contributed by atoms with E-state index in [2.05, 4.69) is 5.32 Å². The Balaban J connectivity index is 1.58. The average molecular weight is 542 g/mol. The summed E-state index contributed by atoms with van der Waals surface area (Å²) in [7, 11) is 0. The average Bonchev–Trinajstić information content (AvgIpc) is 2.85. The van der Waals surface area contributed by atoms with Gasteiger partial charge in [0.2, 0.25) is 5.43 Å². The molecule has 1 aliphatic heterocycles. The molecule has 0 aliphatic carbocycles. The molecule has 1 aromatic heterocycles. The van der Waals surface area contributed by atoms with E-state index in [9.17, 15) is 14.4 Å². The molecule has 3 aromatic rings. The van der Waals surface area contributed by atoms with Crippen LogP contribution < -0.4 is 25.0 Å². The molecule has 0 saturated carbocycles. The Bertz CT molecular complexity index is 1410. The molecule has 4 rings (SSSR count). The van der Waals surface area contributed by atoms with Crippen LogP contribution in [0.4, 0.5) is 4.79 Å². The van der Waals surface area contributed by atoms with Gasteiger partial charge in [0.05, 0.1) is 10.9 Å². The Labute approximate surface area is 224 Å². The van der Waals surface area contributed by atoms with Gasteiger partial charge in [0.15, 0.2) is 11.5 Å². The number of aryl methyl sites for hydroxylation is 1. The number of hydrogen-bond acceptors (Lipinski definition) is 9. The number of hydrogen-bond donors (Lipinski definition) is 1. The standard InChI is InChI=1S/C28H31NO8S/c1-16-24(17-6-9-21-23(14-17)34-12-11-33-21)25(30)19-8-7-18(15-22(19)35-16)36-26(31)20(10-13-38-5)29-27(32)37-28(2,3)4/h6-9,14-15,20H,10-13H2,1-5H3,(H,29,32)/t20-/m0/s1. The van der Waals surface area contributed by atoms with E-state index < -0.39 is 23.7 Å². The Hall–Kier alpha value is -3.66. The quantitative estimate of drug-likeness (QED) is 0.323. The van der Waals surface area contributed by atoms with E-state index in [4.69, 9.17) is 23.4 Å². The third-order valence-electron chi connectivity index (χ3n) is 5.68. The number of nitrogens with one attached hydrogen (secondary N) is 1. The fourth-order valence-corrected chi connectivity index (χ4v) is 4.48. The molecule has 2 heterocycles. The normalized spacial score (nSPS) is 13.6. The van der Waals surface area contributed by atoms with Gasteiger partial charge in [0, 0.05) is 6.07 Å². The van der Waals surface area contributed by atoms with Gasteiger partial charge < -0.3 is 28.7 Å². The maximum Gasteiger partial charge on any atom is 0.408 e. The SMILES string of the molecule is CSCC[C@H](NC(=O)OC(C)(C)C)C(=O)Oc1ccc2c(=O)c(-c3ccc4c(c3)OCCO4)c(C)oc2c1. The van der Waals surface area contributed by atoms with Crippen LogP contribution in [0.2, 0.25) is 0 Å². The van der Waals surface area contributed by atoms with Crippen LogP contribution in [0.25, 0.3) is 22.1 Å². The number of ether oxygens (including phenoxy) is 4. The molecule has 9 nitrogen and oxygen atoms in total. The molecular weight excluding hydrogens is 510 g/mol. The Morgan fingerprint density at radius 3 is 2.53 bits per heavy atom. The number of thioether (sulfide) groups is 1. The predicted molar refractivity (Wildman–Crippen MR) is 145 cm³/mol. The summed E-state index contributed by atoms with van der Waals surface area (Å²) in [5, 5.41) is 2.93. The molecule has 202 valence electrons. The lowest BCUT2D eigenvalue weighted by molar-refractivity contribution is -0.136. The van der Waals surface area contributed by atoms with Crippen molar-refractivity contribution in [3.63, 3.8) is 0 Å². The first-order chi connectivity index (χ1) is 18.1. The fourth-order valence-electron chi connectivity index (χ4n) is 4.00. The van der Waals surface area contributed by atoms with Crippen LogP contribution in [-0.2, 0) is 9.53 Å². The number of carbonyl (C=O) groups is 2. The number of alkyl carbamates (subject to hydrolysis) is 1. The van der Waals surface area contributed by atoms with E-state index in [-0.39, 0.29) is 16.8 Å². The lowest BCUT2D eigenvalue weighted by Gasteiger charge is -2.22. The van der Waals surface area contributed by atoms with Gasteiger partial charge in [-0.3, -0.25) is 4.79 Å². The van der Waals surface area contributed by atoms with Crippen molar-refractivity contribution in [1.82, 2.24) is 5.32 Å². The summed E-state index contributed by atoms with van der Waals surface area (Å²) < 4.78 is 28.0. The molecule has 0 radical (unpaired) electrons. The van der Waals surface area contributed by atoms with Crippen molar-refractivity contribution in [2.75, 3.05) is 25.2 Å². The highest BCUT2D eigenvalue weighted by Crippen LogP contribution is 2.35. The van der Waals surface area contributed by atoms with Crippen LogP contribution in [0.3, 0.4) is 0 Å². The first kappa shape index (κ1) is 27.4. The Kier molecular flexibility index (Phi) is 8.20. The topological polar surface area (TPSA) is 113 Å². The molecular formula is C28H31NO8S. The summed E-state index contributed by atoms with van der Waals surface area (Å²) >= 11 is 1.54. The Morgan fingerprint density at radius 1 is 1.08 bits per heavy atom. The smallest absolute Gasteiger partial charge is 0.408 e. The highest BCUT2D eigenvalue weighted by molar-refractivity contribution is 7.98. The third kappa shape index (κ3) is 6.42. The molecule has 1 amide bonds. The second-order valence-electron chi connectivity index (χ2n) is 9.78. The van der Waals surface area contributed by atoms with Crippen LogP contribution >= 0.6 is 11.8 Å². The van der Waals surface area contributed by atoms with Crippen molar-refractivity contribution in [3.05, 3.63) is 52.4 Å². The van der Waals surface area contributed by atoms with Gasteiger partial charge in [-0.1, -0.05) is 6.07 Å². The van der Waals surface area contributed by atoms with Crippen molar-refractivity contribution in [2.45, 2.75) is 45.8 Å². The summed E-state index contributed by atoms with van der Waals surface area (Å²) in [5.41, 5.74) is 0.424. The van der Waals surface area contributed by atoms with Crippen molar-refractivity contribution in [2.24, 2.45) is 0 Å². The summed E-state index contributed by atoms with van der Waals surface area (Å²) in [6.45, 7) is 7.85. The molecule has 2 aromatic carbocycles. The van der Waals surface area contributed by atoms with Gasteiger partial charge in [-0.15, -0.1) is 0 Å². The molecule has 0 saturated heterocycles. The maximum absolute atomic E-state index is 13.4. The molecule has 10 heteroatoms. The minimum atomic E-state index is -0.903. The van der Waals surface area contributed by atoms with E-state index in [1.165, 1.54) is 12.1 Å². The molecule has 0 bridgehead atoms. The number of benzene rings is 2. The fraction of sp³-hybridized carbons (Fsp3) is 0.393. The number of carbonyl (C=O) groups excluding carboxylic acids is 2. The van der Waals surface area contributed by atoms with E-state index in [1.807, 2.05) is 6.26 Å². The highest BCUT2D eigenvalue weighted by atomic mass is 32.2. The van der Waals surface area contributed by atoms with Gasteiger partial charge in [0.1, 0.15) is 41.9 Å². The van der Waals surface area contributed by atoms with Gasteiger partial charge >= 0.3 is 12.1 Å². The minimum absolute atomic E-state index is 0.192. The zero-order valence-corrected chi connectivity index (χ0v) is 22.9. The lowest BCUT2D eigenvalue weighted by Crippen LogP contribution is -2.45. The summed E-state index contributed by atoms with van der Waals surface area (Å²) in [4.78, 5) is 38.6. The van der Waals surface area contributed by atoms with Gasteiger partial charge in [-0.25, -0.2) is 9.59 Å². The summed E-state index contributed by atoms with van der Waals surface area (Å²) in [5.74, 6) is 1.79. The molecule has 0 fully saturated rings. The second-order valence-corrected chi connectivity index (χ2v) is 10.8. The lowest BCUT2D eigenvalue weighted by atomic mass is 10.0. The first-order valence-corrected chi connectivity index (χ1v) is 13.6. The van der Waals surface area contributed by atoms with Crippen LogP contribution in [-0.4, -0.2) is 48.9 Å². The number of fused-ring (bicyclic) bond motifs is 2. The van der Waals surface area contributed by atoms with Crippen LogP contribution in [0.15, 0.2) is 45.6 Å². The van der Waals surface area contributed by atoms with Crippen LogP contribution in [0.1, 0.15) is 33.0 Å². The van der Waals surface area contributed by atoms with E-state index in [0.717, 1.165) is 0 Å². The van der Waals surface area contributed by atoms with Gasteiger partial charge in [0.25, 0.3) is 0 Å². The van der Waals surface area contributed by atoms with Crippen molar-refractivity contribution in [1.29, 1.82) is 0 Å². The molecule has 0 unspecified atom stereocenters. The van der Waals surface area contributed by atoms with Crippen molar-refractivity contribution < 1.29 is 33.0 Å². The monoisotopic (exact) mass is 541 g/mol. The zero-order chi connectivity index (χ0) is 27.4. The molecule has 0 spiro atoms. The maximum atomic E-state index is 13.4. The van der Waals surface area contributed by atoms with Gasteiger partial charge in [-0.05, 0) is 76.0 Å². The second kappa shape index (κ2) is 11.4. The minimum Gasteiger partial charge on any atom is -0.486 e. The molecule has 1 aliphatic rings. The number of rotatable bonds is 7. The van der Waals surface area contributed by atoms with Crippen LogP contribution in [0, 0.1) is 6.92 Å². The van der Waals surface area contributed by atoms with E-state index in [1.54, 1.807) is 63.7 Å². The first-order valence-electron chi connectivity index (χ1n) is 12.2. The van der Waals surface area contributed by atoms with Crippen molar-refractivity contribution >= 4 is 34.8 Å². The van der Waals surface area contributed by atoms with E-state index in [0.29, 0.717) is 59.2 Å². The third-order valence-corrected chi connectivity index (χ3v) is 6.32. The molecule has 1 atom stereocenters. The largest absolute Gasteiger partial charge is 0.486 e. The molecule has 38 heavy (non-hydrogen) atoms. The van der Waals surface area contributed by atoms with Gasteiger partial charge in [-0.2, -0.15) is 11.8 Å². The molecule has 1 N–H and O–H groups in total. The number of esters is 1. The highest BCUT2D eigenvalue weighted by Gasteiger charge is 2.26. The predicted octanol–water partition coefficient (Wildman–Crippen LogP) is 5.09. The number of amides is 1.